The summed E-state index contributed by atoms with van der Waals surface area (Å²) in [7, 11) is 1.70. The Labute approximate surface area is 392 Å². The van der Waals surface area contributed by atoms with Gasteiger partial charge in [0.2, 0.25) is 0 Å². The third-order valence-corrected chi connectivity index (χ3v) is 14.0. The van der Waals surface area contributed by atoms with Crippen LogP contribution in [0.25, 0.3) is 22.3 Å². The molecule has 0 amide bonds. The van der Waals surface area contributed by atoms with Gasteiger partial charge >= 0.3 is 0 Å². The number of aliphatic hydroxyl groups excluding tert-OH is 1. The van der Waals surface area contributed by atoms with Crippen LogP contribution < -0.4 is 9.47 Å². The van der Waals surface area contributed by atoms with Gasteiger partial charge in [-0.3, -0.25) is 0 Å². The molecule has 0 aliphatic heterocycles. The smallest absolute Gasteiger partial charge is 0.119 e. The first kappa shape index (κ1) is 44.5. The van der Waals surface area contributed by atoms with Crippen molar-refractivity contribution in [1.82, 2.24) is 0 Å². The highest BCUT2D eigenvalue weighted by atomic mass is 16.5. The Morgan fingerprint density at radius 1 is 0.394 bits per heavy atom. The van der Waals surface area contributed by atoms with E-state index in [0.29, 0.717) is 0 Å². The lowest BCUT2D eigenvalue weighted by atomic mass is 9.67. The van der Waals surface area contributed by atoms with E-state index in [9.17, 15) is 5.11 Å². The first-order valence-electron chi connectivity index (χ1n) is 23.7. The Bertz CT molecular complexity index is 2820. The predicted octanol–water partition coefficient (Wildman–Crippen LogP) is 15.1. The molecule has 0 atom stereocenters. The molecule has 0 heterocycles. The molecule has 10 rings (SSSR count). The number of methoxy groups -OCH3 is 1. The second kappa shape index (κ2) is 18.7. The molecule has 0 saturated carbocycles. The van der Waals surface area contributed by atoms with Crippen molar-refractivity contribution >= 4 is 0 Å². The molecule has 2 aliphatic carbocycles. The van der Waals surface area contributed by atoms with Crippen LogP contribution in [0.5, 0.6) is 11.5 Å². The first-order chi connectivity index (χ1) is 32.1. The number of hydrogen-bond donors (Lipinski definition) is 1. The summed E-state index contributed by atoms with van der Waals surface area (Å²) in [5, 5.41) is 9.61. The van der Waals surface area contributed by atoms with E-state index in [-0.39, 0.29) is 12.0 Å². The molecular weight excluding hydrogens is 805 g/mol. The topological polar surface area (TPSA) is 38.7 Å². The Kier molecular flexibility index (Phi) is 12.6. The van der Waals surface area contributed by atoms with Gasteiger partial charge in [-0.25, -0.2) is 0 Å². The summed E-state index contributed by atoms with van der Waals surface area (Å²) in [5.74, 6) is 1.80. The van der Waals surface area contributed by atoms with Crippen LogP contribution in [0.4, 0.5) is 0 Å². The maximum atomic E-state index is 9.61. The van der Waals surface area contributed by atoms with E-state index in [4.69, 9.17) is 9.47 Å². The number of aliphatic hydroxyl groups is 1. The lowest BCUT2D eigenvalue weighted by Gasteiger charge is -2.34. The molecule has 66 heavy (non-hydrogen) atoms. The highest BCUT2D eigenvalue weighted by Crippen LogP contribution is 2.58. The molecule has 0 radical (unpaired) electrons. The third-order valence-electron chi connectivity index (χ3n) is 14.0. The summed E-state index contributed by atoms with van der Waals surface area (Å²) in [4.78, 5) is 0. The van der Waals surface area contributed by atoms with Crippen LogP contribution in [0.1, 0.15) is 110 Å². The molecule has 8 aromatic rings. The number of aryl methyl sites for hydroxylation is 5. The van der Waals surface area contributed by atoms with Crippen molar-refractivity contribution in [3.63, 3.8) is 0 Å². The summed E-state index contributed by atoms with van der Waals surface area (Å²) in [6.07, 6.45) is 4.87. The van der Waals surface area contributed by atoms with Crippen molar-refractivity contribution < 1.29 is 14.6 Å². The molecule has 2 aliphatic rings. The fourth-order valence-electron chi connectivity index (χ4n) is 10.7. The Hall–Kier alpha value is -6.68. The van der Waals surface area contributed by atoms with Gasteiger partial charge in [0.15, 0.2) is 0 Å². The molecule has 332 valence electrons. The zero-order valence-corrected chi connectivity index (χ0v) is 39.7. The molecule has 1 N–H and O–H groups in total. The standard InChI is InChI=1S/C34H36O.C29H26O2/c1-5-6-7-8-21-35-29-17-15-28(16-18-29)34(27-13-9-24(2)10-14-27)32-22-25(3)11-19-30(32)31-20-12-26(4)23-33(31)34;1-19-4-14-25-26-15-5-20(2)17-28(26)29(27(25)16-19,22-8-6-21(18-30)7-9-22)23-10-12-24(31-3)13-11-23/h9-20,22-23H,5-8,21H2,1-4H3;4-17,30H,18H2,1-3H3. The minimum absolute atomic E-state index is 0.0429. The lowest BCUT2D eigenvalue weighted by molar-refractivity contribution is 0.282. The van der Waals surface area contributed by atoms with Crippen molar-refractivity contribution in [2.24, 2.45) is 0 Å². The van der Waals surface area contributed by atoms with Gasteiger partial charge in [-0.2, -0.15) is 0 Å². The molecule has 0 spiro atoms. The molecule has 0 fully saturated rings. The maximum absolute atomic E-state index is 9.61. The van der Waals surface area contributed by atoms with E-state index in [1.54, 1.807) is 7.11 Å². The van der Waals surface area contributed by atoms with Crippen molar-refractivity contribution in [2.45, 2.75) is 84.7 Å². The average molecular weight is 867 g/mol. The van der Waals surface area contributed by atoms with Crippen molar-refractivity contribution in [1.29, 1.82) is 0 Å². The van der Waals surface area contributed by atoms with Crippen LogP contribution in [-0.2, 0) is 17.4 Å². The Balaban J connectivity index is 0.000000167. The van der Waals surface area contributed by atoms with Crippen LogP contribution in [0.3, 0.4) is 0 Å². The first-order valence-corrected chi connectivity index (χ1v) is 23.7. The summed E-state index contributed by atoms with van der Waals surface area (Å²) in [6.45, 7) is 13.9. The maximum Gasteiger partial charge on any atom is 0.119 e. The molecule has 3 nitrogen and oxygen atoms in total. The summed E-state index contributed by atoms with van der Waals surface area (Å²) >= 11 is 0. The summed E-state index contributed by atoms with van der Waals surface area (Å²) in [5.41, 5.74) is 22.1. The number of hydrogen-bond acceptors (Lipinski definition) is 3. The Morgan fingerprint density at radius 2 is 0.742 bits per heavy atom. The minimum atomic E-state index is -0.428. The zero-order chi connectivity index (χ0) is 46.0. The number of benzene rings is 8. The molecule has 3 heteroatoms. The van der Waals surface area contributed by atoms with E-state index in [0.717, 1.165) is 30.1 Å². The highest BCUT2D eigenvalue weighted by molar-refractivity contribution is 5.88. The van der Waals surface area contributed by atoms with Gasteiger partial charge in [0.1, 0.15) is 11.5 Å². The van der Waals surface area contributed by atoms with Gasteiger partial charge in [-0.1, -0.05) is 200 Å². The van der Waals surface area contributed by atoms with E-state index >= 15 is 0 Å². The number of unbranched alkanes of at least 4 members (excludes halogenated alkanes) is 3. The van der Waals surface area contributed by atoms with E-state index in [1.165, 1.54) is 114 Å². The van der Waals surface area contributed by atoms with Gasteiger partial charge in [0.05, 0.1) is 31.2 Å². The monoisotopic (exact) mass is 866 g/mol. The van der Waals surface area contributed by atoms with Crippen LogP contribution in [-0.4, -0.2) is 18.8 Å². The van der Waals surface area contributed by atoms with E-state index in [2.05, 4.69) is 187 Å². The molecule has 0 bridgehead atoms. The fourth-order valence-corrected chi connectivity index (χ4v) is 10.7. The van der Waals surface area contributed by atoms with E-state index < -0.39 is 5.41 Å². The highest BCUT2D eigenvalue weighted by Gasteiger charge is 2.47. The molecular formula is C63H62O3. The molecule has 8 aromatic carbocycles. The third kappa shape index (κ3) is 7.84. The van der Waals surface area contributed by atoms with Crippen LogP contribution in [0.15, 0.2) is 170 Å². The predicted molar refractivity (Wildman–Crippen MR) is 273 cm³/mol. The van der Waals surface area contributed by atoms with Crippen molar-refractivity contribution in [3.8, 4) is 33.8 Å². The van der Waals surface area contributed by atoms with Crippen molar-refractivity contribution in [3.05, 3.63) is 248 Å². The number of fused-ring (bicyclic) bond motifs is 6. The molecule has 0 aromatic heterocycles. The van der Waals surface area contributed by atoms with Gasteiger partial charge in [-0.15, -0.1) is 0 Å². The van der Waals surface area contributed by atoms with Crippen LogP contribution in [0.2, 0.25) is 0 Å². The largest absolute Gasteiger partial charge is 0.497 e. The summed E-state index contributed by atoms with van der Waals surface area (Å²) < 4.78 is 11.6. The van der Waals surface area contributed by atoms with Gasteiger partial charge < -0.3 is 14.6 Å². The Morgan fingerprint density at radius 3 is 1.11 bits per heavy atom. The number of rotatable bonds is 12. The molecule has 0 saturated heterocycles. The second-order valence-corrected chi connectivity index (χ2v) is 18.6. The van der Waals surface area contributed by atoms with Crippen molar-refractivity contribution in [2.75, 3.05) is 13.7 Å². The number of ether oxygens (including phenoxy) is 2. The summed E-state index contributed by atoms with van der Waals surface area (Å²) in [6, 6.07) is 62.3. The zero-order valence-electron chi connectivity index (χ0n) is 39.7. The minimum Gasteiger partial charge on any atom is -0.497 e. The van der Waals surface area contributed by atoms with Crippen LogP contribution >= 0.6 is 0 Å². The molecule has 0 unspecified atom stereocenters. The van der Waals surface area contributed by atoms with E-state index in [1.807, 2.05) is 24.3 Å². The van der Waals surface area contributed by atoms with Gasteiger partial charge in [0.25, 0.3) is 0 Å². The lowest BCUT2D eigenvalue weighted by Crippen LogP contribution is -2.28. The normalized spacial score (nSPS) is 13.5. The van der Waals surface area contributed by atoms with Gasteiger partial charge in [0, 0.05) is 0 Å². The quantitative estimate of drug-likeness (QED) is 0.124. The average Bonchev–Trinajstić information content (AvgIpc) is 3.78. The second-order valence-electron chi connectivity index (χ2n) is 18.6. The fraction of sp³-hybridized carbons (Fsp3) is 0.238. The van der Waals surface area contributed by atoms with Gasteiger partial charge in [-0.05, 0) is 138 Å². The SMILES string of the molecule is CCCCCCOc1ccc(C2(c3ccc(C)cc3)c3cc(C)ccc3-c3ccc(C)cc32)cc1.COc1ccc(C2(c3ccc(CO)cc3)c3cc(C)ccc3-c3ccc(C)cc32)cc1. The van der Waals surface area contributed by atoms with Crippen LogP contribution in [0, 0.1) is 34.6 Å².